The number of aromatic nitrogens is 2. The Morgan fingerprint density at radius 3 is 2.40 bits per heavy atom. The Balaban J connectivity index is 2.14. The zero-order chi connectivity index (χ0) is 14.8. The fourth-order valence-electron chi connectivity index (χ4n) is 2.26. The van der Waals surface area contributed by atoms with Gasteiger partial charge in [-0.2, -0.15) is 13.2 Å². The molecule has 1 aromatic heterocycles. The van der Waals surface area contributed by atoms with Gasteiger partial charge in [-0.3, -0.25) is 0 Å². The SMILES string of the molecule is CNc1cc(NCC2(O)CCCC2)nc(C(F)(F)F)n1. The molecule has 8 heteroatoms. The first-order chi connectivity index (χ1) is 9.32. The molecule has 1 aromatic rings. The fraction of sp³-hybridized carbons (Fsp3) is 0.667. The lowest BCUT2D eigenvalue weighted by Gasteiger charge is -2.23. The number of aliphatic hydroxyl groups is 1. The fourth-order valence-corrected chi connectivity index (χ4v) is 2.26. The second-order valence-corrected chi connectivity index (χ2v) is 4.99. The normalized spacial score (nSPS) is 18.1. The van der Waals surface area contributed by atoms with E-state index in [1.54, 1.807) is 0 Å². The van der Waals surface area contributed by atoms with Crippen LogP contribution in [0.1, 0.15) is 31.5 Å². The van der Waals surface area contributed by atoms with Crippen LogP contribution in [0.2, 0.25) is 0 Å². The molecule has 0 atom stereocenters. The van der Waals surface area contributed by atoms with Crippen molar-refractivity contribution in [2.24, 2.45) is 0 Å². The lowest BCUT2D eigenvalue weighted by Crippen LogP contribution is -2.33. The largest absolute Gasteiger partial charge is 0.451 e. The van der Waals surface area contributed by atoms with Crippen molar-refractivity contribution >= 4 is 11.6 Å². The molecular formula is C12H17F3N4O. The summed E-state index contributed by atoms with van der Waals surface area (Å²) in [5.74, 6) is -1.07. The van der Waals surface area contributed by atoms with E-state index in [0.29, 0.717) is 12.8 Å². The van der Waals surface area contributed by atoms with Gasteiger partial charge in [-0.05, 0) is 12.8 Å². The predicted octanol–water partition coefficient (Wildman–Crippen LogP) is 2.25. The van der Waals surface area contributed by atoms with Crippen LogP contribution in [0.15, 0.2) is 6.07 Å². The molecule has 0 spiro atoms. The van der Waals surface area contributed by atoms with E-state index in [9.17, 15) is 18.3 Å². The Morgan fingerprint density at radius 1 is 1.25 bits per heavy atom. The number of anilines is 2. The van der Waals surface area contributed by atoms with E-state index in [4.69, 9.17) is 0 Å². The first-order valence-electron chi connectivity index (χ1n) is 6.43. The molecule has 0 amide bonds. The summed E-state index contributed by atoms with van der Waals surface area (Å²) in [6.07, 6.45) is -1.45. The van der Waals surface area contributed by atoms with Crippen LogP contribution in [0.3, 0.4) is 0 Å². The number of hydrogen-bond donors (Lipinski definition) is 3. The number of rotatable bonds is 4. The maximum Gasteiger partial charge on any atom is 0.451 e. The molecule has 0 saturated heterocycles. The maximum atomic E-state index is 12.7. The van der Waals surface area contributed by atoms with Gasteiger partial charge in [-0.15, -0.1) is 0 Å². The number of nitrogens with one attached hydrogen (secondary N) is 2. The zero-order valence-electron chi connectivity index (χ0n) is 11.1. The van der Waals surface area contributed by atoms with Crippen molar-refractivity contribution in [3.8, 4) is 0 Å². The van der Waals surface area contributed by atoms with E-state index in [1.807, 2.05) is 0 Å². The maximum absolute atomic E-state index is 12.7. The highest BCUT2D eigenvalue weighted by Gasteiger charge is 2.36. The van der Waals surface area contributed by atoms with Gasteiger partial charge in [0.15, 0.2) is 0 Å². The molecule has 2 rings (SSSR count). The summed E-state index contributed by atoms with van der Waals surface area (Å²) in [6.45, 7) is 0.185. The van der Waals surface area contributed by atoms with Crippen molar-refractivity contribution < 1.29 is 18.3 Å². The third-order valence-electron chi connectivity index (χ3n) is 3.37. The molecular weight excluding hydrogens is 273 g/mol. The summed E-state index contributed by atoms with van der Waals surface area (Å²) in [7, 11) is 1.48. The van der Waals surface area contributed by atoms with Gasteiger partial charge in [-0.1, -0.05) is 12.8 Å². The van der Waals surface area contributed by atoms with Crippen LogP contribution in [-0.4, -0.2) is 34.3 Å². The Morgan fingerprint density at radius 2 is 1.85 bits per heavy atom. The molecule has 1 fully saturated rings. The Labute approximate surface area is 114 Å². The van der Waals surface area contributed by atoms with Gasteiger partial charge in [-0.25, -0.2) is 9.97 Å². The molecule has 0 aliphatic heterocycles. The van der Waals surface area contributed by atoms with E-state index in [-0.39, 0.29) is 18.2 Å². The van der Waals surface area contributed by atoms with Crippen molar-refractivity contribution in [3.05, 3.63) is 11.9 Å². The van der Waals surface area contributed by atoms with Crippen LogP contribution in [0.4, 0.5) is 24.8 Å². The highest BCUT2D eigenvalue weighted by molar-refractivity contribution is 5.47. The van der Waals surface area contributed by atoms with E-state index >= 15 is 0 Å². The monoisotopic (exact) mass is 290 g/mol. The van der Waals surface area contributed by atoms with Crippen LogP contribution < -0.4 is 10.6 Å². The van der Waals surface area contributed by atoms with Gasteiger partial charge in [0.1, 0.15) is 11.6 Å². The Bertz CT molecular complexity index is 472. The van der Waals surface area contributed by atoms with Gasteiger partial charge < -0.3 is 15.7 Å². The standard InChI is InChI=1S/C12H17F3N4O/c1-16-8-6-9(19-10(18-8)12(13,14)15)17-7-11(20)4-2-3-5-11/h6,20H,2-5,7H2,1H3,(H2,16,17,18,19). The van der Waals surface area contributed by atoms with E-state index < -0.39 is 17.6 Å². The molecule has 0 radical (unpaired) electrons. The van der Waals surface area contributed by atoms with E-state index in [1.165, 1.54) is 13.1 Å². The van der Waals surface area contributed by atoms with Gasteiger partial charge in [0.05, 0.1) is 5.60 Å². The molecule has 1 saturated carbocycles. The van der Waals surface area contributed by atoms with Crippen LogP contribution in [-0.2, 0) is 6.18 Å². The summed E-state index contributed by atoms with van der Waals surface area (Å²) in [5, 5.41) is 15.5. The second kappa shape index (κ2) is 5.43. The number of nitrogens with zero attached hydrogens (tertiary/aromatic N) is 2. The third kappa shape index (κ3) is 3.50. The smallest absolute Gasteiger partial charge is 0.388 e. The minimum atomic E-state index is -4.60. The third-order valence-corrected chi connectivity index (χ3v) is 3.37. The molecule has 1 heterocycles. The lowest BCUT2D eigenvalue weighted by molar-refractivity contribution is -0.144. The summed E-state index contributed by atoms with van der Waals surface area (Å²) >= 11 is 0. The van der Waals surface area contributed by atoms with Crippen LogP contribution in [0.25, 0.3) is 0 Å². The number of hydrogen-bond acceptors (Lipinski definition) is 5. The van der Waals surface area contributed by atoms with Gasteiger partial charge in [0.2, 0.25) is 5.82 Å². The quantitative estimate of drug-likeness (QED) is 0.793. The highest BCUT2D eigenvalue weighted by Crippen LogP contribution is 2.31. The van der Waals surface area contributed by atoms with Gasteiger partial charge in [0, 0.05) is 19.7 Å². The molecule has 0 aromatic carbocycles. The Kier molecular flexibility index (Phi) is 4.03. The predicted molar refractivity (Wildman–Crippen MR) is 68.5 cm³/mol. The summed E-state index contributed by atoms with van der Waals surface area (Å²) < 4.78 is 38.0. The minimum absolute atomic E-state index is 0.0528. The van der Waals surface area contributed by atoms with Crippen LogP contribution in [0.5, 0.6) is 0 Å². The molecule has 0 bridgehead atoms. The molecule has 112 valence electrons. The first-order valence-corrected chi connectivity index (χ1v) is 6.43. The topological polar surface area (TPSA) is 70.1 Å². The summed E-state index contributed by atoms with van der Waals surface area (Å²) in [6, 6.07) is 1.38. The summed E-state index contributed by atoms with van der Waals surface area (Å²) in [4.78, 5) is 6.82. The van der Waals surface area contributed by atoms with Crippen molar-refractivity contribution in [1.82, 2.24) is 9.97 Å². The molecule has 3 N–H and O–H groups in total. The summed E-state index contributed by atoms with van der Waals surface area (Å²) in [5.41, 5.74) is -0.858. The zero-order valence-corrected chi connectivity index (χ0v) is 11.1. The average Bonchev–Trinajstić information content (AvgIpc) is 2.82. The molecule has 0 unspecified atom stereocenters. The molecule has 5 nitrogen and oxygen atoms in total. The lowest BCUT2D eigenvalue weighted by atomic mass is 10.0. The molecule has 1 aliphatic carbocycles. The number of alkyl halides is 3. The van der Waals surface area contributed by atoms with Crippen molar-refractivity contribution in [2.45, 2.75) is 37.5 Å². The Hall–Kier alpha value is -1.57. The van der Waals surface area contributed by atoms with Crippen molar-refractivity contribution in [2.75, 3.05) is 24.2 Å². The van der Waals surface area contributed by atoms with E-state index in [2.05, 4.69) is 20.6 Å². The molecule has 1 aliphatic rings. The first kappa shape index (κ1) is 14.8. The van der Waals surface area contributed by atoms with Crippen molar-refractivity contribution in [3.63, 3.8) is 0 Å². The van der Waals surface area contributed by atoms with Gasteiger partial charge in [0.25, 0.3) is 0 Å². The molecule has 20 heavy (non-hydrogen) atoms. The number of halogens is 3. The second-order valence-electron chi connectivity index (χ2n) is 4.99. The van der Waals surface area contributed by atoms with E-state index in [0.717, 1.165) is 12.8 Å². The highest BCUT2D eigenvalue weighted by atomic mass is 19.4. The van der Waals surface area contributed by atoms with Gasteiger partial charge >= 0.3 is 6.18 Å². The van der Waals surface area contributed by atoms with Crippen LogP contribution >= 0.6 is 0 Å². The average molecular weight is 290 g/mol. The van der Waals surface area contributed by atoms with Crippen LogP contribution in [0, 0.1) is 0 Å². The van der Waals surface area contributed by atoms with Crippen molar-refractivity contribution in [1.29, 1.82) is 0 Å². The minimum Gasteiger partial charge on any atom is -0.388 e.